The number of aliphatic hydroxyl groups is 2. The molecule has 2 aromatic carbocycles. The van der Waals surface area contributed by atoms with Crippen LogP contribution in [0.1, 0.15) is 92.0 Å². The number of hydrogen-bond acceptors (Lipinski definition) is 9. The molecule has 4 aliphatic rings. The van der Waals surface area contributed by atoms with Gasteiger partial charge in [-0.05, 0) is 64.8 Å². The van der Waals surface area contributed by atoms with E-state index in [0.29, 0.717) is 38.0 Å². The van der Waals surface area contributed by atoms with E-state index in [2.05, 4.69) is 24.1 Å². The van der Waals surface area contributed by atoms with Gasteiger partial charge in [0.2, 0.25) is 0 Å². The molecule has 9 nitrogen and oxygen atoms in total. The van der Waals surface area contributed by atoms with Gasteiger partial charge in [0.1, 0.15) is 11.9 Å². The highest BCUT2D eigenvalue weighted by atomic mass is 16.5. The van der Waals surface area contributed by atoms with Crippen molar-refractivity contribution in [1.29, 1.82) is 0 Å². The molecule has 4 unspecified atom stereocenters. The number of hydrogen-bond donors (Lipinski definition) is 5. The first-order valence-electron chi connectivity index (χ1n) is 16.5. The van der Waals surface area contributed by atoms with Crippen LogP contribution in [0, 0.1) is 11.8 Å². The monoisotopic (exact) mass is 624 g/mol. The predicted molar refractivity (Wildman–Crippen MR) is 177 cm³/mol. The largest absolute Gasteiger partial charge is 0.504 e. The van der Waals surface area contributed by atoms with Gasteiger partial charge in [-0.2, -0.15) is 0 Å². The number of carbonyl (C=O) groups is 1. The number of aromatic hydroxyl groups is 1. The number of nitrogens with zero attached hydrogens (tertiary/aromatic N) is 2. The number of aliphatic hydroxyl groups excluding tert-OH is 2. The van der Waals surface area contributed by atoms with Gasteiger partial charge in [0.15, 0.2) is 17.7 Å². The summed E-state index contributed by atoms with van der Waals surface area (Å²) in [6, 6.07) is 9.08. The minimum absolute atomic E-state index is 0.00287. The summed E-state index contributed by atoms with van der Waals surface area (Å²) in [5.41, 5.74) is 14.4. The number of carbonyl (C=O) groups excluding carboxylic acids is 1. The van der Waals surface area contributed by atoms with E-state index in [4.69, 9.17) is 15.5 Å². The summed E-state index contributed by atoms with van der Waals surface area (Å²) in [4.78, 5) is 19.3. The lowest BCUT2D eigenvalue weighted by atomic mass is 9.85. The minimum atomic E-state index is -0.977. The predicted octanol–water partition coefficient (Wildman–Crippen LogP) is 4.25. The number of ether oxygens (including phenoxy) is 1. The zero-order valence-corrected chi connectivity index (χ0v) is 26.5. The molecule has 242 valence electrons. The molecule has 0 radical (unpaired) electrons. The molecule has 4 heterocycles. The van der Waals surface area contributed by atoms with Crippen LogP contribution in [-0.4, -0.2) is 57.6 Å². The standard InChI is InChI=1S/C37H44N4O5/c1-2-3-4-6-25(42)19-26(43)11-9-23-10-14-34(45)35(17-23)46-36-8-5-7-33(44)28-12-13-29-27(15-16-39-37(29)38)30(28)18-24-20-40-32-22-41(36)21-31(24)32/h10,12-14,17,20,22,25,33,36-37,39,42,44-45H,2-4,6,8-9,11,15-16,18-19,21,38H2,1H3. The Morgan fingerprint density at radius 1 is 1.22 bits per heavy atom. The van der Waals surface area contributed by atoms with Gasteiger partial charge < -0.3 is 30.7 Å². The second-order valence-corrected chi connectivity index (χ2v) is 12.7. The third-order valence-corrected chi connectivity index (χ3v) is 9.39. The van der Waals surface area contributed by atoms with E-state index in [0.717, 1.165) is 71.3 Å². The number of aryl methyl sites for hydroxylation is 1. The van der Waals surface area contributed by atoms with Gasteiger partial charge in [0.05, 0.1) is 24.4 Å². The van der Waals surface area contributed by atoms with Crippen LogP contribution in [0.3, 0.4) is 0 Å². The number of rotatable bonds is 11. The van der Waals surface area contributed by atoms with Crippen molar-refractivity contribution in [3.05, 3.63) is 81.2 Å². The number of Topliss-reactive ketones (excluding diaryl/α,β-unsaturated/α-hetero) is 1. The number of aliphatic imine (C=N–C) groups is 1. The molecule has 0 fully saturated rings. The molecule has 0 spiro atoms. The second-order valence-electron chi connectivity index (χ2n) is 12.7. The fourth-order valence-corrected chi connectivity index (χ4v) is 6.80. The van der Waals surface area contributed by atoms with Crippen molar-refractivity contribution in [2.24, 2.45) is 10.7 Å². The molecule has 0 aromatic heterocycles. The van der Waals surface area contributed by atoms with E-state index in [1.54, 1.807) is 18.2 Å². The fourth-order valence-electron chi connectivity index (χ4n) is 6.80. The molecule has 0 amide bonds. The van der Waals surface area contributed by atoms with Gasteiger partial charge >= 0.3 is 0 Å². The number of nitrogens with one attached hydrogen (secondary N) is 1. The Labute approximate surface area is 270 Å². The quantitative estimate of drug-likeness (QED) is 0.185. The first-order chi connectivity index (χ1) is 22.3. The topological polar surface area (TPSA) is 141 Å². The van der Waals surface area contributed by atoms with E-state index >= 15 is 0 Å². The molecule has 2 aromatic rings. The molecule has 0 aliphatic carbocycles. The van der Waals surface area contributed by atoms with Crippen molar-refractivity contribution in [2.45, 2.75) is 95.7 Å². The molecule has 6 rings (SSSR count). The number of fused-ring (bicyclic) bond motifs is 4. The Hall–Kier alpha value is -3.94. The Kier molecular flexibility index (Phi) is 9.90. The number of phenols is 1. The Morgan fingerprint density at radius 3 is 2.91 bits per heavy atom. The van der Waals surface area contributed by atoms with E-state index in [9.17, 15) is 20.1 Å². The number of benzene rings is 2. The molecule has 0 saturated heterocycles. The zero-order valence-electron chi connectivity index (χ0n) is 26.5. The Balaban J connectivity index is 1.21. The maximum atomic E-state index is 12.5. The molecule has 4 aliphatic heterocycles. The summed E-state index contributed by atoms with van der Waals surface area (Å²) in [6.45, 7) is 3.47. The summed E-state index contributed by atoms with van der Waals surface area (Å²) >= 11 is 0. The van der Waals surface area contributed by atoms with Crippen LogP contribution in [0.5, 0.6) is 11.5 Å². The lowest BCUT2D eigenvalue weighted by Crippen LogP contribution is -2.36. The van der Waals surface area contributed by atoms with Gasteiger partial charge in [-0.3, -0.25) is 15.1 Å². The van der Waals surface area contributed by atoms with Crippen LogP contribution in [-0.2, 0) is 24.1 Å². The molecular weight excluding hydrogens is 580 g/mol. The second kappa shape index (κ2) is 14.2. The maximum Gasteiger partial charge on any atom is 0.183 e. The van der Waals surface area contributed by atoms with Crippen LogP contribution in [0.4, 0.5) is 0 Å². The minimum Gasteiger partial charge on any atom is -0.504 e. The average molecular weight is 625 g/mol. The SMILES string of the molecule is CCCCCC(O)CC(=O)CCc1ccc(O)c(OC2CC#CC(O)c3ccc4c(c3CC3=C5CN2C=C5N=C3)CCNC4N)c1. The summed E-state index contributed by atoms with van der Waals surface area (Å²) in [5.74, 6) is 6.52. The first kappa shape index (κ1) is 32.0. The van der Waals surface area contributed by atoms with Crippen molar-refractivity contribution in [3.63, 3.8) is 0 Å². The van der Waals surface area contributed by atoms with E-state index in [1.165, 1.54) is 5.56 Å². The number of allylic oxidation sites excluding steroid dienone is 1. The number of phenolic OH excluding ortho intramolecular Hbond substituents is 1. The lowest BCUT2D eigenvalue weighted by Gasteiger charge is -2.29. The molecule has 0 saturated carbocycles. The summed E-state index contributed by atoms with van der Waals surface area (Å²) in [7, 11) is 0. The zero-order chi connectivity index (χ0) is 32.2. The van der Waals surface area contributed by atoms with Crippen LogP contribution in [0.15, 0.2) is 58.4 Å². The highest BCUT2D eigenvalue weighted by molar-refractivity contribution is 5.88. The van der Waals surface area contributed by atoms with Crippen molar-refractivity contribution >= 4 is 12.0 Å². The molecule has 9 heteroatoms. The molecule has 2 bridgehead atoms. The van der Waals surface area contributed by atoms with Gasteiger partial charge in [0, 0.05) is 50.3 Å². The third-order valence-electron chi connectivity index (χ3n) is 9.39. The lowest BCUT2D eigenvalue weighted by molar-refractivity contribution is -0.121. The summed E-state index contributed by atoms with van der Waals surface area (Å²) < 4.78 is 6.41. The van der Waals surface area contributed by atoms with Gasteiger partial charge in [-0.25, -0.2) is 0 Å². The Morgan fingerprint density at radius 2 is 2.07 bits per heavy atom. The third kappa shape index (κ3) is 7.06. The smallest absolute Gasteiger partial charge is 0.183 e. The van der Waals surface area contributed by atoms with Crippen molar-refractivity contribution in [3.8, 4) is 23.3 Å². The van der Waals surface area contributed by atoms with Crippen molar-refractivity contribution in [2.75, 3.05) is 13.1 Å². The van der Waals surface area contributed by atoms with Crippen LogP contribution in [0.25, 0.3) is 0 Å². The van der Waals surface area contributed by atoms with E-state index in [-0.39, 0.29) is 30.5 Å². The Bertz CT molecular complexity index is 1630. The van der Waals surface area contributed by atoms with Gasteiger partial charge in [0.25, 0.3) is 0 Å². The van der Waals surface area contributed by atoms with Crippen LogP contribution in [0.2, 0.25) is 0 Å². The van der Waals surface area contributed by atoms with E-state index < -0.39 is 18.4 Å². The molecule has 4 atom stereocenters. The summed E-state index contributed by atoms with van der Waals surface area (Å²) in [5, 5.41) is 35.5. The highest BCUT2D eigenvalue weighted by Crippen LogP contribution is 2.38. The van der Waals surface area contributed by atoms with Gasteiger partial charge in [-0.15, -0.1) is 0 Å². The van der Waals surface area contributed by atoms with E-state index in [1.807, 2.05) is 29.4 Å². The highest BCUT2D eigenvalue weighted by Gasteiger charge is 2.32. The number of nitrogens with two attached hydrogens (primary N) is 1. The fraction of sp³-hybridized carbons (Fsp3) is 0.459. The molecule has 46 heavy (non-hydrogen) atoms. The van der Waals surface area contributed by atoms with Crippen molar-refractivity contribution in [1.82, 2.24) is 10.2 Å². The number of ketones is 1. The first-order valence-corrected chi connectivity index (χ1v) is 16.5. The van der Waals surface area contributed by atoms with Crippen LogP contribution < -0.4 is 15.8 Å². The van der Waals surface area contributed by atoms with Crippen molar-refractivity contribution < 1.29 is 24.9 Å². The van der Waals surface area contributed by atoms with Gasteiger partial charge in [-0.1, -0.05) is 56.2 Å². The molecule has 6 N–H and O–H groups in total. The normalized spacial score (nSPS) is 22.2. The van der Waals surface area contributed by atoms with Crippen LogP contribution >= 0.6 is 0 Å². The number of unbranched alkanes of at least 4 members (excludes halogenated alkanes) is 2. The summed E-state index contributed by atoms with van der Waals surface area (Å²) in [6.07, 6.45) is 7.92. The maximum absolute atomic E-state index is 12.5. The molecular formula is C37H44N4O5. The average Bonchev–Trinajstić information content (AvgIpc) is 3.62.